The van der Waals surface area contributed by atoms with Crippen molar-refractivity contribution in [3.8, 4) is 0 Å². The summed E-state index contributed by atoms with van der Waals surface area (Å²) < 4.78 is 13.5. The van der Waals surface area contributed by atoms with Crippen molar-refractivity contribution in [3.63, 3.8) is 0 Å². The van der Waals surface area contributed by atoms with E-state index in [1.54, 1.807) is 4.90 Å². The van der Waals surface area contributed by atoms with Crippen molar-refractivity contribution >= 4 is 17.5 Å². The van der Waals surface area contributed by atoms with Gasteiger partial charge in [-0.25, -0.2) is 4.39 Å². The van der Waals surface area contributed by atoms with Gasteiger partial charge in [0, 0.05) is 24.2 Å². The third-order valence-corrected chi connectivity index (χ3v) is 5.72. The van der Waals surface area contributed by atoms with E-state index < -0.39 is 11.3 Å². The van der Waals surface area contributed by atoms with Crippen LogP contribution < -0.4 is 5.32 Å². The van der Waals surface area contributed by atoms with Gasteiger partial charge in [0.1, 0.15) is 11.7 Å². The molecule has 0 saturated carbocycles. The summed E-state index contributed by atoms with van der Waals surface area (Å²) in [5.74, 6) is -1.89. The topological polar surface area (TPSA) is 69.6 Å². The first kappa shape index (κ1) is 17.7. The Morgan fingerprint density at radius 1 is 1.26 bits per heavy atom. The Labute approximate surface area is 156 Å². The Hall–Kier alpha value is -2.73. The van der Waals surface area contributed by atoms with Crippen molar-refractivity contribution < 1.29 is 19.1 Å². The number of likely N-dealkylation sites (tertiary alicyclic amines) is 1. The van der Waals surface area contributed by atoms with Crippen LogP contribution in [0.2, 0.25) is 0 Å². The first-order chi connectivity index (χ1) is 13.0. The number of halogens is 1. The molecule has 2 unspecified atom stereocenters. The highest BCUT2D eigenvalue weighted by molar-refractivity contribution is 6.08. The van der Waals surface area contributed by atoms with Gasteiger partial charge in [0.15, 0.2) is 0 Å². The fourth-order valence-electron chi connectivity index (χ4n) is 4.11. The number of benzene rings is 2. The number of aliphatic hydroxyl groups is 1. The second kappa shape index (κ2) is 6.78. The molecule has 2 atom stereocenters. The third-order valence-electron chi connectivity index (χ3n) is 5.72. The summed E-state index contributed by atoms with van der Waals surface area (Å²) in [6, 6.07) is 13.8. The monoisotopic (exact) mass is 368 g/mol. The maximum atomic E-state index is 13.5. The minimum atomic E-state index is -0.871. The Kier molecular flexibility index (Phi) is 4.44. The van der Waals surface area contributed by atoms with Crippen LogP contribution in [0.15, 0.2) is 48.5 Å². The molecule has 2 aromatic rings. The summed E-state index contributed by atoms with van der Waals surface area (Å²) in [4.78, 5) is 27.1. The van der Waals surface area contributed by atoms with Gasteiger partial charge in [-0.2, -0.15) is 0 Å². The number of fused-ring (bicyclic) bond motifs is 1. The molecule has 2 aliphatic heterocycles. The number of rotatable bonds is 3. The molecule has 0 aromatic heterocycles. The lowest BCUT2D eigenvalue weighted by Crippen LogP contribution is -2.45. The molecule has 4 rings (SSSR count). The van der Waals surface area contributed by atoms with Gasteiger partial charge in [-0.1, -0.05) is 30.3 Å². The highest BCUT2D eigenvalue weighted by Gasteiger charge is 2.44. The zero-order chi connectivity index (χ0) is 19.0. The van der Waals surface area contributed by atoms with Crippen LogP contribution in [0.1, 0.15) is 17.5 Å². The van der Waals surface area contributed by atoms with Crippen LogP contribution in [0.5, 0.6) is 0 Å². The lowest BCUT2D eigenvalue weighted by atomic mass is 9.80. The lowest BCUT2D eigenvalue weighted by molar-refractivity contribution is -0.139. The molecule has 27 heavy (non-hydrogen) atoms. The minimum absolute atomic E-state index is 0.0638. The van der Waals surface area contributed by atoms with Gasteiger partial charge in [-0.05, 0) is 42.2 Å². The van der Waals surface area contributed by atoms with Crippen molar-refractivity contribution in [3.05, 3.63) is 65.5 Å². The van der Waals surface area contributed by atoms with Crippen LogP contribution in [0.3, 0.4) is 0 Å². The van der Waals surface area contributed by atoms with E-state index in [-0.39, 0.29) is 30.7 Å². The molecule has 1 fully saturated rings. The van der Waals surface area contributed by atoms with Gasteiger partial charge >= 0.3 is 0 Å². The first-order valence-corrected chi connectivity index (χ1v) is 9.07. The zero-order valence-electron chi connectivity index (χ0n) is 14.8. The summed E-state index contributed by atoms with van der Waals surface area (Å²) in [6.45, 7) is 0.784. The van der Waals surface area contributed by atoms with Gasteiger partial charge in [0.05, 0.1) is 6.61 Å². The second-order valence-corrected chi connectivity index (χ2v) is 7.36. The SMILES string of the molecule is O=C1Nc2ccc(F)cc2CC1C(=O)N1CCC(CO)(c2ccccc2)C1. The standard InChI is InChI=1S/C21H21FN2O3/c22-16-6-7-18-14(10-16)11-17(19(26)23-18)20(27)24-9-8-21(12-24,13-25)15-4-2-1-3-5-15/h1-7,10,17,25H,8-9,11-13H2,(H,23,26). The number of aliphatic hydroxyl groups excluding tert-OH is 1. The quantitative estimate of drug-likeness (QED) is 0.816. The van der Waals surface area contributed by atoms with Gasteiger partial charge in [0.2, 0.25) is 11.8 Å². The highest BCUT2D eigenvalue weighted by Crippen LogP contribution is 2.36. The van der Waals surface area contributed by atoms with Crippen molar-refractivity contribution in [1.29, 1.82) is 0 Å². The Morgan fingerprint density at radius 2 is 2.04 bits per heavy atom. The summed E-state index contributed by atoms with van der Waals surface area (Å²) in [7, 11) is 0. The fraction of sp³-hybridized carbons (Fsp3) is 0.333. The van der Waals surface area contributed by atoms with E-state index >= 15 is 0 Å². The number of carbonyl (C=O) groups excluding carboxylic acids is 2. The number of hydrogen-bond donors (Lipinski definition) is 2. The second-order valence-electron chi connectivity index (χ2n) is 7.36. The maximum Gasteiger partial charge on any atom is 0.237 e. The number of carbonyl (C=O) groups is 2. The molecular weight excluding hydrogens is 347 g/mol. The van der Waals surface area contributed by atoms with E-state index in [1.165, 1.54) is 18.2 Å². The van der Waals surface area contributed by atoms with Crippen LogP contribution in [-0.4, -0.2) is 41.5 Å². The predicted molar refractivity (Wildman–Crippen MR) is 98.6 cm³/mol. The van der Waals surface area contributed by atoms with Crippen LogP contribution in [-0.2, 0) is 21.4 Å². The Bertz CT molecular complexity index is 886. The molecular formula is C21H21FN2O3. The predicted octanol–water partition coefficient (Wildman–Crippen LogP) is 2.10. The Balaban J connectivity index is 1.55. The summed E-state index contributed by atoms with van der Waals surface area (Å²) in [5.41, 5.74) is 1.67. The van der Waals surface area contributed by atoms with Crippen LogP contribution in [0, 0.1) is 11.7 Å². The maximum absolute atomic E-state index is 13.5. The zero-order valence-corrected chi connectivity index (χ0v) is 14.8. The van der Waals surface area contributed by atoms with Crippen molar-refractivity contribution in [2.75, 3.05) is 25.0 Å². The van der Waals surface area contributed by atoms with E-state index in [0.29, 0.717) is 30.8 Å². The average molecular weight is 368 g/mol. The van der Waals surface area contributed by atoms with E-state index in [4.69, 9.17) is 0 Å². The van der Waals surface area contributed by atoms with Gasteiger partial charge < -0.3 is 15.3 Å². The number of anilines is 1. The van der Waals surface area contributed by atoms with E-state index in [2.05, 4.69) is 5.32 Å². The van der Waals surface area contributed by atoms with Crippen molar-refractivity contribution in [1.82, 2.24) is 4.90 Å². The molecule has 2 amide bonds. The molecule has 0 bridgehead atoms. The fourth-order valence-corrected chi connectivity index (χ4v) is 4.11. The number of nitrogens with zero attached hydrogens (tertiary/aromatic N) is 1. The molecule has 2 N–H and O–H groups in total. The average Bonchev–Trinajstić information content (AvgIpc) is 3.14. The number of amides is 2. The highest BCUT2D eigenvalue weighted by atomic mass is 19.1. The Morgan fingerprint density at radius 3 is 2.78 bits per heavy atom. The van der Waals surface area contributed by atoms with Crippen molar-refractivity contribution in [2.24, 2.45) is 5.92 Å². The first-order valence-electron chi connectivity index (χ1n) is 9.07. The third kappa shape index (κ3) is 3.10. The lowest BCUT2D eigenvalue weighted by Gasteiger charge is -2.30. The summed E-state index contributed by atoms with van der Waals surface area (Å²) in [6.07, 6.45) is 0.824. The van der Waals surface area contributed by atoms with Crippen LogP contribution in [0.4, 0.5) is 10.1 Å². The molecule has 140 valence electrons. The molecule has 2 heterocycles. The largest absolute Gasteiger partial charge is 0.395 e. The minimum Gasteiger partial charge on any atom is -0.395 e. The summed E-state index contributed by atoms with van der Waals surface area (Å²) >= 11 is 0. The molecule has 2 aliphatic rings. The van der Waals surface area contributed by atoms with E-state index in [1.807, 2.05) is 30.3 Å². The van der Waals surface area contributed by atoms with Crippen LogP contribution >= 0.6 is 0 Å². The number of hydrogen-bond acceptors (Lipinski definition) is 3. The molecule has 5 nitrogen and oxygen atoms in total. The molecule has 0 spiro atoms. The molecule has 2 aromatic carbocycles. The van der Waals surface area contributed by atoms with Gasteiger partial charge in [-0.15, -0.1) is 0 Å². The normalized spacial score (nSPS) is 24.4. The molecule has 0 aliphatic carbocycles. The van der Waals surface area contributed by atoms with Gasteiger partial charge in [-0.3, -0.25) is 9.59 Å². The molecule has 1 saturated heterocycles. The van der Waals surface area contributed by atoms with Crippen molar-refractivity contribution in [2.45, 2.75) is 18.3 Å². The van der Waals surface area contributed by atoms with E-state index in [9.17, 15) is 19.1 Å². The molecule has 0 radical (unpaired) electrons. The van der Waals surface area contributed by atoms with E-state index in [0.717, 1.165) is 5.56 Å². The molecule has 6 heteroatoms. The number of nitrogens with one attached hydrogen (secondary N) is 1. The van der Waals surface area contributed by atoms with Crippen LogP contribution in [0.25, 0.3) is 0 Å². The smallest absolute Gasteiger partial charge is 0.237 e. The van der Waals surface area contributed by atoms with Gasteiger partial charge in [0.25, 0.3) is 0 Å². The summed E-state index contributed by atoms with van der Waals surface area (Å²) in [5, 5.41) is 12.7.